The Morgan fingerprint density at radius 2 is 2.36 bits per heavy atom. The van der Waals surface area contributed by atoms with Crippen LogP contribution in [0.1, 0.15) is 13.3 Å². The summed E-state index contributed by atoms with van der Waals surface area (Å²) in [5, 5.41) is 0. The SMILES string of the molecule is C#CCN(CCC)c1ccc(N)cn1. The zero-order chi connectivity index (χ0) is 10.4. The van der Waals surface area contributed by atoms with Gasteiger partial charge in [-0.2, -0.15) is 0 Å². The second-order valence-electron chi connectivity index (χ2n) is 3.08. The molecule has 0 aromatic carbocycles. The molecule has 3 nitrogen and oxygen atoms in total. The zero-order valence-corrected chi connectivity index (χ0v) is 8.40. The molecule has 2 N–H and O–H groups in total. The molecule has 0 unspecified atom stereocenters. The Bertz CT molecular complexity index is 310. The molecule has 0 fully saturated rings. The Balaban J connectivity index is 2.77. The van der Waals surface area contributed by atoms with E-state index in [-0.39, 0.29) is 0 Å². The largest absolute Gasteiger partial charge is 0.397 e. The van der Waals surface area contributed by atoms with Crippen LogP contribution in [-0.4, -0.2) is 18.1 Å². The molecule has 0 bridgehead atoms. The minimum atomic E-state index is 0.588. The summed E-state index contributed by atoms with van der Waals surface area (Å²) in [6.45, 7) is 3.62. The molecule has 0 aliphatic heterocycles. The quantitative estimate of drug-likeness (QED) is 0.730. The molecule has 0 aliphatic rings. The Morgan fingerprint density at radius 3 is 2.86 bits per heavy atom. The van der Waals surface area contributed by atoms with Gasteiger partial charge in [0.05, 0.1) is 18.4 Å². The van der Waals surface area contributed by atoms with Gasteiger partial charge in [-0.3, -0.25) is 0 Å². The summed E-state index contributed by atoms with van der Waals surface area (Å²) >= 11 is 0. The Labute approximate surface area is 84.9 Å². The van der Waals surface area contributed by atoms with Gasteiger partial charge in [0.15, 0.2) is 0 Å². The number of hydrogen-bond acceptors (Lipinski definition) is 3. The van der Waals surface area contributed by atoms with Crippen LogP contribution in [-0.2, 0) is 0 Å². The van der Waals surface area contributed by atoms with Gasteiger partial charge in [-0.1, -0.05) is 12.8 Å². The molecule has 0 radical (unpaired) electrons. The maximum absolute atomic E-state index is 5.55. The third-order valence-corrected chi connectivity index (χ3v) is 1.87. The molecule has 0 spiro atoms. The lowest BCUT2D eigenvalue weighted by molar-refractivity contribution is 0.809. The number of hydrogen-bond donors (Lipinski definition) is 1. The number of pyridine rings is 1. The first kappa shape index (κ1) is 10.4. The number of terminal acetylenes is 1. The second-order valence-corrected chi connectivity index (χ2v) is 3.08. The Kier molecular flexibility index (Phi) is 3.81. The number of aromatic nitrogens is 1. The van der Waals surface area contributed by atoms with Crippen molar-refractivity contribution in [1.29, 1.82) is 0 Å². The standard InChI is InChI=1S/C11H15N3/c1-3-7-14(8-4-2)11-6-5-10(12)9-13-11/h1,5-6,9H,4,7-8,12H2,2H3. The summed E-state index contributed by atoms with van der Waals surface area (Å²) in [5.41, 5.74) is 6.23. The van der Waals surface area contributed by atoms with Gasteiger partial charge in [0, 0.05) is 6.54 Å². The monoisotopic (exact) mass is 189 g/mol. The molecule has 0 aliphatic carbocycles. The highest BCUT2D eigenvalue weighted by Gasteiger charge is 2.03. The van der Waals surface area contributed by atoms with Crippen molar-refractivity contribution in [3.05, 3.63) is 18.3 Å². The molecular formula is C11H15N3. The molecule has 0 saturated heterocycles. The first-order valence-electron chi connectivity index (χ1n) is 4.68. The van der Waals surface area contributed by atoms with Crippen molar-refractivity contribution in [2.24, 2.45) is 0 Å². The summed E-state index contributed by atoms with van der Waals surface area (Å²) in [7, 11) is 0. The molecule has 3 heteroatoms. The van der Waals surface area contributed by atoms with Crippen molar-refractivity contribution in [1.82, 2.24) is 4.98 Å². The average Bonchev–Trinajstić information content (AvgIpc) is 2.19. The van der Waals surface area contributed by atoms with Crippen LogP contribution >= 0.6 is 0 Å². The fraction of sp³-hybridized carbons (Fsp3) is 0.364. The minimum absolute atomic E-state index is 0.588. The van der Waals surface area contributed by atoms with E-state index in [4.69, 9.17) is 12.2 Å². The zero-order valence-electron chi connectivity index (χ0n) is 8.40. The number of nitrogens with two attached hydrogens (primary N) is 1. The van der Waals surface area contributed by atoms with Crippen molar-refractivity contribution in [2.75, 3.05) is 23.7 Å². The van der Waals surface area contributed by atoms with Gasteiger partial charge in [-0.25, -0.2) is 4.98 Å². The minimum Gasteiger partial charge on any atom is -0.397 e. The number of nitrogens with zero attached hydrogens (tertiary/aromatic N) is 2. The van der Waals surface area contributed by atoms with Crippen LogP contribution in [0, 0.1) is 12.3 Å². The van der Waals surface area contributed by atoms with Gasteiger partial charge in [-0.05, 0) is 18.6 Å². The van der Waals surface area contributed by atoms with Gasteiger partial charge in [0.2, 0.25) is 0 Å². The summed E-state index contributed by atoms with van der Waals surface area (Å²) in [4.78, 5) is 6.28. The van der Waals surface area contributed by atoms with E-state index in [1.165, 1.54) is 0 Å². The normalized spacial score (nSPS) is 9.43. The van der Waals surface area contributed by atoms with Crippen LogP contribution in [0.5, 0.6) is 0 Å². The van der Waals surface area contributed by atoms with Crippen LogP contribution in [0.15, 0.2) is 18.3 Å². The molecule has 74 valence electrons. The molecule has 1 aromatic rings. The van der Waals surface area contributed by atoms with Crippen molar-refractivity contribution in [3.8, 4) is 12.3 Å². The smallest absolute Gasteiger partial charge is 0.129 e. The third kappa shape index (κ3) is 2.67. The highest BCUT2D eigenvalue weighted by Crippen LogP contribution is 2.11. The Morgan fingerprint density at radius 1 is 1.57 bits per heavy atom. The first-order valence-corrected chi connectivity index (χ1v) is 4.68. The van der Waals surface area contributed by atoms with Gasteiger partial charge >= 0.3 is 0 Å². The van der Waals surface area contributed by atoms with E-state index in [2.05, 4.69) is 22.7 Å². The summed E-state index contributed by atoms with van der Waals surface area (Å²) in [6.07, 6.45) is 7.98. The van der Waals surface area contributed by atoms with Crippen LogP contribution in [0.2, 0.25) is 0 Å². The highest BCUT2D eigenvalue weighted by molar-refractivity contribution is 5.46. The van der Waals surface area contributed by atoms with Crippen molar-refractivity contribution < 1.29 is 0 Å². The maximum Gasteiger partial charge on any atom is 0.129 e. The molecular weight excluding hydrogens is 174 g/mol. The molecule has 1 heterocycles. The van der Waals surface area contributed by atoms with E-state index in [0.717, 1.165) is 18.8 Å². The number of anilines is 2. The lowest BCUT2D eigenvalue weighted by Gasteiger charge is -2.20. The topological polar surface area (TPSA) is 42.1 Å². The fourth-order valence-electron chi connectivity index (χ4n) is 1.24. The van der Waals surface area contributed by atoms with Gasteiger partial charge in [-0.15, -0.1) is 6.42 Å². The van der Waals surface area contributed by atoms with Gasteiger partial charge in [0.25, 0.3) is 0 Å². The number of rotatable bonds is 4. The van der Waals surface area contributed by atoms with E-state index >= 15 is 0 Å². The van der Waals surface area contributed by atoms with Crippen molar-refractivity contribution in [2.45, 2.75) is 13.3 Å². The summed E-state index contributed by atoms with van der Waals surface area (Å²) < 4.78 is 0. The van der Waals surface area contributed by atoms with Crippen LogP contribution < -0.4 is 10.6 Å². The fourth-order valence-corrected chi connectivity index (χ4v) is 1.24. The van der Waals surface area contributed by atoms with Crippen LogP contribution in [0.25, 0.3) is 0 Å². The van der Waals surface area contributed by atoms with E-state index in [1.54, 1.807) is 6.20 Å². The molecule has 14 heavy (non-hydrogen) atoms. The first-order chi connectivity index (χ1) is 6.77. The van der Waals surface area contributed by atoms with Gasteiger partial charge < -0.3 is 10.6 Å². The summed E-state index contributed by atoms with van der Waals surface area (Å²) in [5.74, 6) is 3.51. The molecule has 0 atom stereocenters. The van der Waals surface area contributed by atoms with Crippen LogP contribution in [0.3, 0.4) is 0 Å². The maximum atomic E-state index is 5.55. The molecule has 0 saturated carbocycles. The van der Waals surface area contributed by atoms with E-state index in [9.17, 15) is 0 Å². The molecule has 1 rings (SSSR count). The van der Waals surface area contributed by atoms with E-state index < -0.39 is 0 Å². The molecule has 0 amide bonds. The van der Waals surface area contributed by atoms with E-state index in [0.29, 0.717) is 12.2 Å². The highest BCUT2D eigenvalue weighted by atomic mass is 15.2. The van der Waals surface area contributed by atoms with Gasteiger partial charge in [0.1, 0.15) is 5.82 Å². The summed E-state index contributed by atoms with van der Waals surface area (Å²) in [6, 6.07) is 3.73. The van der Waals surface area contributed by atoms with Crippen molar-refractivity contribution in [3.63, 3.8) is 0 Å². The Hall–Kier alpha value is -1.69. The average molecular weight is 189 g/mol. The predicted molar refractivity (Wildman–Crippen MR) is 60.0 cm³/mol. The predicted octanol–water partition coefficient (Wildman–Crippen LogP) is 1.51. The van der Waals surface area contributed by atoms with Crippen LogP contribution in [0.4, 0.5) is 11.5 Å². The van der Waals surface area contributed by atoms with E-state index in [1.807, 2.05) is 12.1 Å². The van der Waals surface area contributed by atoms with Crippen molar-refractivity contribution >= 4 is 11.5 Å². The third-order valence-electron chi connectivity index (χ3n) is 1.87. The lowest BCUT2D eigenvalue weighted by atomic mass is 10.3. The number of nitrogen functional groups attached to an aromatic ring is 1. The molecule has 1 aromatic heterocycles. The lowest BCUT2D eigenvalue weighted by Crippen LogP contribution is -2.25. The second kappa shape index (κ2) is 5.13.